The van der Waals surface area contributed by atoms with Crippen molar-refractivity contribution in [1.82, 2.24) is 15.1 Å². The van der Waals surface area contributed by atoms with Crippen molar-refractivity contribution in [2.45, 2.75) is 13.5 Å². The molecular weight excluding hydrogens is 166 g/mol. The van der Waals surface area contributed by atoms with Gasteiger partial charge in [0, 0.05) is 12.7 Å². The Bertz CT molecular complexity index is 304. The molecule has 0 aliphatic heterocycles. The van der Waals surface area contributed by atoms with Gasteiger partial charge in [-0.05, 0) is 12.5 Å². The van der Waals surface area contributed by atoms with Crippen LogP contribution in [0.5, 0.6) is 0 Å². The van der Waals surface area contributed by atoms with E-state index in [0.29, 0.717) is 6.54 Å². The summed E-state index contributed by atoms with van der Waals surface area (Å²) in [7, 11) is 0. The van der Waals surface area contributed by atoms with Crippen LogP contribution in [-0.4, -0.2) is 22.2 Å². The van der Waals surface area contributed by atoms with Crippen molar-refractivity contribution in [3.05, 3.63) is 30.6 Å². The summed E-state index contributed by atoms with van der Waals surface area (Å²) in [5.74, 6) is -0.0528. The van der Waals surface area contributed by atoms with Crippen molar-refractivity contribution in [2.75, 3.05) is 6.54 Å². The third kappa shape index (κ3) is 3.11. The van der Waals surface area contributed by atoms with E-state index in [0.717, 1.165) is 5.56 Å². The van der Waals surface area contributed by atoms with Gasteiger partial charge in [0.05, 0.1) is 6.20 Å². The van der Waals surface area contributed by atoms with Crippen LogP contribution in [-0.2, 0) is 11.3 Å². The maximum absolute atomic E-state index is 11.2. The summed E-state index contributed by atoms with van der Waals surface area (Å²) in [4.78, 5) is 11.2. The van der Waals surface area contributed by atoms with Gasteiger partial charge < -0.3 is 5.32 Å². The van der Waals surface area contributed by atoms with Gasteiger partial charge in [-0.1, -0.05) is 6.08 Å². The third-order valence-electron chi connectivity index (χ3n) is 1.51. The van der Waals surface area contributed by atoms with Gasteiger partial charge in [0.1, 0.15) is 6.54 Å². The van der Waals surface area contributed by atoms with Crippen LogP contribution in [0.15, 0.2) is 25.0 Å². The Labute approximate surface area is 77.3 Å². The predicted octanol–water partition coefficient (Wildman–Crippen LogP) is 0.494. The molecule has 13 heavy (non-hydrogen) atoms. The van der Waals surface area contributed by atoms with Crippen molar-refractivity contribution in [3.63, 3.8) is 0 Å². The molecule has 1 amide bonds. The second-order valence-electron chi connectivity index (χ2n) is 2.81. The molecule has 0 aliphatic carbocycles. The Kier molecular flexibility index (Phi) is 3.25. The SMILES string of the molecule is C=CCNC(=O)Cn1cc(C)cn1. The Balaban J connectivity index is 2.40. The van der Waals surface area contributed by atoms with E-state index < -0.39 is 0 Å². The van der Waals surface area contributed by atoms with Crippen LogP contribution in [0.25, 0.3) is 0 Å². The number of amides is 1. The van der Waals surface area contributed by atoms with Crippen molar-refractivity contribution in [2.24, 2.45) is 0 Å². The number of hydrogen-bond acceptors (Lipinski definition) is 2. The van der Waals surface area contributed by atoms with Gasteiger partial charge in [0.25, 0.3) is 0 Å². The highest BCUT2D eigenvalue weighted by atomic mass is 16.2. The van der Waals surface area contributed by atoms with E-state index in [1.54, 1.807) is 17.0 Å². The van der Waals surface area contributed by atoms with E-state index in [-0.39, 0.29) is 12.5 Å². The molecule has 1 aromatic rings. The fourth-order valence-electron chi connectivity index (χ4n) is 0.942. The van der Waals surface area contributed by atoms with Crippen LogP contribution in [0.3, 0.4) is 0 Å². The molecule has 1 aromatic heterocycles. The van der Waals surface area contributed by atoms with E-state index in [1.165, 1.54) is 0 Å². The molecule has 0 radical (unpaired) electrons. The van der Waals surface area contributed by atoms with Crippen molar-refractivity contribution in [1.29, 1.82) is 0 Å². The maximum atomic E-state index is 11.2. The largest absolute Gasteiger partial charge is 0.351 e. The van der Waals surface area contributed by atoms with Crippen LogP contribution in [0.4, 0.5) is 0 Å². The lowest BCUT2D eigenvalue weighted by atomic mass is 10.4. The normalized spacial score (nSPS) is 9.62. The fraction of sp³-hybridized carbons (Fsp3) is 0.333. The molecule has 0 saturated carbocycles. The Morgan fingerprint density at radius 2 is 2.62 bits per heavy atom. The number of aromatic nitrogens is 2. The minimum Gasteiger partial charge on any atom is -0.351 e. The highest BCUT2D eigenvalue weighted by Gasteiger charge is 2.01. The monoisotopic (exact) mass is 179 g/mol. The molecule has 0 aromatic carbocycles. The van der Waals surface area contributed by atoms with Crippen LogP contribution >= 0.6 is 0 Å². The molecule has 0 aliphatic rings. The molecular formula is C9H13N3O. The fourth-order valence-corrected chi connectivity index (χ4v) is 0.942. The van der Waals surface area contributed by atoms with Crippen molar-refractivity contribution in [3.8, 4) is 0 Å². The lowest BCUT2D eigenvalue weighted by Gasteiger charge is -2.01. The molecule has 1 rings (SSSR count). The first-order chi connectivity index (χ1) is 6.22. The van der Waals surface area contributed by atoms with E-state index in [9.17, 15) is 4.79 Å². The van der Waals surface area contributed by atoms with Gasteiger partial charge in [0.2, 0.25) is 5.91 Å². The maximum Gasteiger partial charge on any atom is 0.241 e. The van der Waals surface area contributed by atoms with Crippen molar-refractivity contribution < 1.29 is 4.79 Å². The van der Waals surface area contributed by atoms with Crippen molar-refractivity contribution >= 4 is 5.91 Å². The summed E-state index contributed by atoms with van der Waals surface area (Å²) in [6.07, 6.45) is 5.19. The molecule has 0 saturated heterocycles. The molecule has 0 fully saturated rings. The smallest absolute Gasteiger partial charge is 0.241 e. The first-order valence-electron chi connectivity index (χ1n) is 4.09. The predicted molar refractivity (Wildman–Crippen MR) is 50.2 cm³/mol. The van der Waals surface area contributed by atoms with Crippen LogP contribution in [0.2, 0.25) is 0 Å². The van der Waals surface area contributed by atoms with Crippen LogP contribution in [0.1, 0.15) is 5.56 Å². The molecule has 4 nitrogen and oxygen atoms in total. The number of carbonyl (C=O) groups is 1. The van der Waals surface area contributed by atoms with Crippen LogP contribution < -0.4 is 5.32 Å². The molecule has 0 bridgehead atoms. The summed E-state index contributed by atoms with van der Waals surface area (Å²) in [5, 5.41) is 6.67. The number of hydrogen-bond donors (Lipinski definition) is 1. The molecule has 0 unspecified atom stereocenters. The second kappa shape index (κ2) is 4.45. The minimum atomic E-state index is -0.0528. The first-order valence-corrected chi connectivity index (χ1v) is 4.09. The summed E-state index contributed by atoms with van der Waals surface area (Å²) < 4.78 is 1.60. The topological polar surface area (TPSA) is 46.9 Å². The first kappa shape index (κ1) is 9.51. The van der Waals surface area contributed by atoms with Gasteiger partial charge in [-0.25, -0.2) is 0 Å². The molecule has 0 spiro atoms. The average molecular weight is 179 g/mol. The van der Waals surface area contributed by atoms with E-state index in [1.807, 2.05) is 13.1 Å². The summed E-state index contributed by atoms with van der Waals surface area (Å²) in [6.45, 7) is 6.21. The molecule has 4 heteroatoms. The number of carbonyl (C=O) groups excluding carboxylic acids is 1. The number of nitrogens with zero attached hydrogens (tertiary/aromatic N) is 2. The summed E-state index contributed by atoms with van der Waals surface area (Å²) in [6, 6.07) is 0. The zero-order valence-corrected chi connectivity index (χ0v) is 7.66. The summed E-state index contributed by atoms with van der Waals surface area (Å²) in [5.41, 5.74) is 1.05. The average Bonchev–Trinajstić information content (AvgIpc) is 2.48. The van der Waals surface area contributed by atoms with E-state index in [4.69, 9.17) is 0 Å². The minimum absolute atomic E-state index is 0.0528. The highest BCUT2D eigenvalue weighted by molar-refractivity contribution is 5.75. The molecule has 1 N–H and O–H groups in total. The highest BCUT2D eigenvalue weighted by Crippen LogP contribution is 1.93. The lowest BCUT2D eigenvalue weighted by molar-refractivity contribution is -0.121. The van der Waals surface area contributed by atoms with Gasteiger partial charge in [-0.15, -0.1) is 6.58 Å². The Morgan fingerprint density at radius 3 is 3.15 bits per heavy atom. The Morgan fingerprint density at radius 1 is 1.85 bits per heavy atom. The molecule has 0 atom stereocenters. The second-order valence-corrected chi connectivity index (χ2v) is 2.81. The number of nitrogens with one attached hydrogen (secondary N) is 1. The van der Waals surface area contributed by atoms with Gasteiger partial charge >= 0.3 is 0 Å². The zero-order valence-electron chi connectivity index (χ0n) is 7.66. The number of aryl methyl sites for hydroxylation is 1. The van der Waals surface area contributed by atoms with Gasteiger partial charge in [0.15, 0.2) is 0 Å². The number of rotatable bonds is 4. The van der Waals surface area contributed by atoms with E-state index in [2.05, 4.69) is 17.0 Å². The molecule has 70 valence electrons. The molecule has 1 heterocycles. The third-order valence-corrected chi connectivity index (χ3v) is 1.51. The lowest BCUT2D eigenvalue weighted by Crippen LogP contribution is -2.27. The van der Waals surface area contributed by atoms with Gasteiger partial charge in [-0.2, -0.15) is 5.10 Å². The van der Waals surface area contributed by atoms with Gasteiger partial charge in [-0.3, -0.25) is 9.48 Å². The standard InChI is InChI=1S/C9H13N3O/c1-3-4-10-9(13)7-12-6-8(2)5-11-12/h3,5-6H,1,4,7H2,2H3,(H,10,13). The summed E-state index contributed by atoms with van der Waals surface area (Å²) >= 11 is 0. The van der Waals surface area contributed by atoms with E-state index >= 15 is 0 Å². The Hall–Kier alpha value is -1.58. The zero-order chi connectivity index (χ0) is 9.68. The quantitative estimate of drug-likeness (QED) is 0.684. The van der Waals surface area contributed by atoms with Crippen LogP contribution in [0, 0.1) is 6.92 Å².